The van der Waals surface area contributed by atoms with Gasteiger partial charge in [-0.3, -0.25) is 0 Å². The van der Waals surface area contributed by atoms with Gasteiger partial charge in [0.25, 0.3) is 0 Å². The molecule has 1 aromatic carbocycles. The summed E-state index contributed by atoms with van der Waals surface area (Å²) < 4.78 is 15.7. The molecule has 0 aliphatic heterocycles. The average molecular weight is 275 g/mol. The fourth-order valence-electron chi connectivity index (χ4n) is 3.34. The minimum Gasteiger partial charge on any atom is -0.328 e. The predicted octanol–water partition coefficient (Wildman–Crippen LogP) is 3.57. The van der Waals surface area contributed by atoms with E-state index in [2.05, 4.69) is 11.5 Å². The van der Waals surface area contributed by atoms with Crippen molar-refractivity contribution in [1.29, 1.82) is 0 Å². The van der Waals surface area contributed by atoms with Crippen LogP contribution in [0.15, 0.2) is 18.2 Å². The predicted molar refractivity (Wildman–Crippen MR) is 79.2 cm³/mol. The number of nitrogens with zero attached hydrogens (tertiary/aromatic N) is 2. The van der Waals surface area contributed by atoms with E-state index in [1.54, 1.807) is 12.1 Å². The highest BCUT2D eigenvalue weighted by Crippen LogP contribution is 2.33. The first-order valence-corrected chi connectivity index (χ1v) is 7.62. The molecule has 2 unspecified atom stereocenters. The van der Waals surface area contributed by atoms with Crippen LogP contribution < -0.4 is 5.73 Å². The van der Waals surface area contributed by atoms with E-state index in [-0.39, 0.29) is 11.9 Å². The lowest BCUT2D eigenvalue weighted by molar-refractivity contribution is 0.364. The van der Waals surface area contributed by atoms with Crippen LogP contribution in [0.3, 0.4) is 0 Å². The molecule has 2 aromatic rings. The second kappa shape index (κ2) is 5.52. The van der Waals surface area contributed by atoms with Gasteiger partial charge in [0.15, 0.2) is 0 Å². The minimum atomic E-state index is -0.200. The Morgan fingerprint density at radius 3 is 2.90 bits per heavy atom. The van der Waals surface area contributed by atoms with Crippen LogP contribution in [0.2, 0.25) is 0 Å². The fraction of sp³-hybridized carbons (Fsp3) is 0.562. The Morgan fingerprint density at radius 1 is 1.35 bits per heavy atom. The molecule has 4 heteroatoms. The maximum atomic E-state index is 13.5. The number of hydrogen-bond donors (Lipinski definition) is 1. The first kappa shape index (κ1) is 13.6. The largest absolute Gasteiger partial charge is 0.328 e. The normalized spacial score (nSPS) is 23.4. The van der Waals surface area contributed by atoms with Crippen LogP contribution in [-0.2, 0) is 6.54 Å². The topological polar surface area (TPSA) is 43.8 Å². The summed E-state index contributed by atoms with van der Waals surface area (Å²) in [5, 5.41) is 0. The molecule has 0 spiro atoms. The number of imidazole rings is 1. The van der Waals surface area contributed by atoms with E-state index in [0.29, 0.717) is 5.92 Å². The Labute approximate surface area is 119 Å². The molecule has 1 aromatic heterocycles. The second-order valence-corrected chi connectivity index (χ2v) is 5.81. The third-order valence-electron chi connectivity index (χ3n) is 4.34. The summed E-state index contributed by atoms with van der Waals surface area (Å²) in [5.74, 6) is 1.17. The van der Waals surface area contributed by atoms with Crippen molar-refractivity contribution in [3.8, 4) is 0 Å². The van der Waals surface area contributed by atoms with E-state index in [1.165, 1.54) is 18.9 Å². The number of aryl methyl sites for hydroxylation is 1. The zero-order chi connectivity index (χ0) is 14.1. The standard InChI is InChI=1S/C16H22FN3/c1-2-9-20-15-10-11(17)7-8-14(15)19-16(20)12-5-3-4-6-13(12)18/h7-8,10,12-13H,2-6,9,18H2,1H3. The van der Waals surface area contributed by atoms with Gasteiger partial charge in [-0.25, -0.2) is 9.37 Å². The molecule has 1 aliphatic carbocycles. The quantitative estimate of drug-likeness (QED) is 0.930. The molecule has 108 valence electrons. The van der Waals surface area contributed by atoms with Gasteiger partial charge >= 0.3 is 0 Å². The average Bonchev–Trinajstić information content (AvgIpc) is 2.78. The van der Waals surface area contributed by atoms with Crippen molar-refractivity contribution in [3.63, 3.8) is 0 Å². The van der Waals surface area contributed by atoms with Gasteiger partial charge in [0.05, 0.1) is 11.0 Å². The van der Waals surface area contributed by atoms with Gasteiger partial charge in [-0.1, -0.05) is 19.8 Å². The number of hydrogen-bond acceptors (Lipinski definition) is 2. The zero-order valence-electron chi connectivity index (χ0n) is 12.0. The Morgan fingerprint density at radius 2 is 2.15 bits per heavy atom. The molecule has 2 N–H and O–H groups in total. The molecule has 1 fully saturated rings. The van der Waals surface area contributed by atoms with Crippen molar-refractivity contribution in [3.05, 3.63) is 29.8 Å². The van der Waals surface area contributed by atoms with Crippen LogP contribution in [0.5, 0.6) is 0 Å². The molecular formula is C16H22FN3. The first-order chi connectivity index (χ1) is 9.70. The lowest BCUT2D eigenvalue weighted by Crippen LogP contribution is -2.33. The molecule has 0 saturated heterocycles. The highest BCUT2D eigenvalue weighted by Gasteiger charge is 2.28. The Balaban J connectivity index is 2.10. The number of rotatable bonds is 3. The van der Waals surface area contributed by atoms with Crippen LogP contribution in [0.4, 0.5) is 4.39 Å². The van der Waals surface area contributed by atoms with Crippen molar-refractivity contribution in [2.24, 2.45) is 5.73 Å². The van der Waals surface area contributed by atoms with Crippen molar-refractivity contribution >= 4 is 11.0 Å². The molecule has 3 rings (SSSR count). The van der Waals surface area contributed by atoms with E-state index in [4.69, 9.17) is 10.7 Å². The number of fused-ring (bicyclic) bond motifs is 1. The maximum absolute atomic E-state index is 13.5. The molecule has 0 bridgehead atoms. The zero-order valence-corrected chi connectivity index (χ0v) is 12.0. The summed E-state index contributed by atoms with van der Waals surface area (Å²) in [6.07, 6.45) is 5.59. The first-order valence-electron chi connectivity index (χ1n) is 7.62. The second-order valence-electron chi connectivity index (χ2n) is 5.81. The van der Waals surface area contributed by atoms with Crippen LogP contribution >= 0.6 is 0 Å². The molecule has 3 nitrogen and oxygen atoms in total. The lowest BCUT2D eigenvalue weighted by atomic mass is 9.84. The minimum absolute atomic E-state index is 0.181. The fourth-order valence-corrected chi connectivity index (χ4v) is 3.34. The van der Waals surface area contributed by atoms with Crippen LogP contribution in [0, 0.1) is 5.82 Å². The number of halogens is 1. The van der Waals surface area contributed by atoms with E-state index >= 15 is 0 Å². The summed E-state index contributed by atoms with van der Waals surface area (Å²) >= 11 is 0. The smallest absolute Gasteiger partial charge is 0.125 e. The van der Waals surface area contributed by atoms with Crippen molar-refractivity contribution in [2.75, 3.05) is 0 Å². The van der Waals surface area contributed by atoms with Crippen molar-refractivity contribution < 1.29 is 4.39 Å². The summed E-state index contributed by atoms with van der Waals surface area (Å²) in [4.78, 5) is 4.76. The van der Waals surface area contributed by atoms with Gasteiger partial charge in [-0.05, 0) is 37.5 Å². The number of aromatic nitrogens is 2. The lowest BCUT2D eigenvalue weighted by Gasteiger charge is -2.28. The summed E-state index contributed by atoms with van der Waals surface area (Å²) in [5.41, 5.74) is 8.08. The Hall–Kier alpha value is -1.42. The van der Waals surface area contributed by atoms with E-state index in [0.717, 1.165) is 42.7 Å². The summed E-state index contributed by atoms with van der Waals surface area (Å²) in [6.45, 7) is 3.01. The molecule has 2 atom stereocenters. The van der Waals surface area contributed by atoms with E-state index in [1.807, 2.05) is 0 Å². The summed E-state index contributed by atoms with van der Waals surface area (Å²) in [6, 6.07) is 5.03. The van der Waals surface area contributed by atoms with Crippen LogP contribution in [0.25, 0.3) is 11.0 Å². The van der Waals surface area contributed by atoms with Gasteiger partial charge in [-0.15, -0.1) is 0 Å². The Kier molecular flexibility index (Phi) is 3.74. The van der Waals surface area contributed by atoms with Crippen LogP contribution in [0.1, 0.15) is 50.8 Å². The van der Waals surface area contributed by atoms with E-state index in [9.17, 15) is 4.39 Å². The summed E-state index contributed by atoms with van der Waals surface area (Å²) in [7, 11) is 0. The molecule has 20 heavy (non-hydrogen) atoms. The molecule has 0 radical (unpaired) electrons. The van der Waals surface area contributed by atoms with Gasteiger partial charge < -0.3 is 10.3 Å². The monoisotopic (exact) mass is 275 g/mol. The number of benzene rings is 1. The van der Waals surface area contributed by atoms with Crippen LogP contribution in [-0.4, -0.2) is 15.6 Å². The van der Waals surface area contributed by atoms with Gasteiger partial charge in [-0.2, -0.15) is 0 Å². The molecular weight excluding hydrogens is 253 g/mol. The molecule has 1 heterocycles. The van der Waals surface area contributed by atoms with Gasteiger partial charge in [0.2, 0.25) is 0 Å². The highest BCUT2D eigenvalue weighted by molar-refractivity contribution is 5.76. The molecule has 0 amide bonds. The molecule has 1 aliphatic rings. The van der Waals surface area contributed by atoms with Crippen molar-refractivity contribution in [2.45, 2.75) is 57.5 Å². The highest BCUT2D eigenvalue weighted by atomic mass is 19.1. The third-order valence-corrected chi connectivity index (χ3v) is 4.34. The van der Waals surface area contributed by atoms with Crippen molar-refractivity contribution in [1.82, 2.24) is 9.55 Å². The maximum Gasteiger partial charge on any atom is 0.125 e. The third kappa shape index (κ3) is 2.33. The van der Waals surface area contributed by atoms with E-state index < -0.39 is 0 Å². The Bertz CT molecular complexity index is 605. The van der Waals surface area contributed by atoms with Gasteiger partial charge in [0.1, 0.15) is 11.6 Å². The van der Waals surface area contributed by atoms with Gasteiger partial charge in [0, 0.05) is 18.5 Å². The SMILES string of the molecule is CCCn1c(C2CCCCC2N)nc2ccc(F)cc21. The number of nitrogens with two attached hydrogens (primary N) is 1. The molecule has 1 saturated carbocycles.